The molecular weight excluding hydrogens is 262 g/mol. The van der Waals surface area contributed by atoms with E-state index in [9.17, 15) is 4.79 Å². The number of hydrogen-bond acceptors (Lipinski definition) is 3. The zero-order valence-electron chi connectivity index (χ0n) is 11.6. The Hall–Kier alpha value is -2.88. The van der Waals surface area contributed by atoms with Crippen LogP contribution in [0.5, 0.6) is 0 Å². The van der Waals surface area contributed by atoms with Crippen molar-refractivity contribution in [3.63, 3.8) is 0 Å². The zero-order valence-corrected chi connectivity index (χ0v) is 11.6. The van der Waals surface area contributed by atoms with Gasteiger partial charge >= 0.3 is 0 Å². The molecule has 0 aliphatic carbocycles. The molecule has 2 aromatic carbocycles. The summed E-state index contributed by atoms with van der Waals surface area (Å²) in [4.78, 5) is 16.6. The van der Waals surface area contributed by atoms with Gasteiger partial charge in [-0.3, -0.25) is 9.78 Å². The molecule has 1 amide bonds. The topological polar surface area (TPSA) is 68.0 Å². The summed E-state index contributed by atoms with van der Waals surface area (Å²) >= 11 is 0. The summed E-state index contributed by atoms with van der Waals surface area (Å²) < 4.78 is 0. The number of pyridine rings is 1. The summed E-state index contributed by atoms with van der Waals surface area (Å²) in [5.74, 6) is -0.228. The van der Waals surface area contributed by atoms with Crippen molar-refractivity contribution in [2.24, 2.45) is 0 Å². The first-order valence-electron chi connectivity index (χ1n) is 6.66. The van der Waals surface area contributed by atoms with Crippen molar-refractivity contribution >= 4 is 28.1 Å². The summed E-state index contributed by atoms with van der Waals surface area (Å²) in [7, 11) is 0. The number of aromatic nitrogens is 1. The molecular formula is C17H15N3O. The number of nitrogen functional groups attached to an aromatic ring is 1. The first-order chi connectivity index (χ1) is 10.1. The smallest absolute Gasteiger partial charge is 0.274 e. The standard InChI is InChI=1S/C17H15N3O/c1-11-2-5-14(6-3-11)20-17(21)16-15-7-4-13(18)10-12(15)8-9-19-16/h2-10H,18H2,1H3,(H,20,21). The van der Waals surface area contributed by atoms with Gasteiger partial charge in [0, 0.05) is 23.0 Å². The van der Waals surface area contributed by atoms with Crippen LogP contribution in [0.3, 0.4) is 0 Å². The maximum Gasteiger partial charge on any atom is 0.274 e. The Balaban J connectivity index is 1.96. The van der Waals surface area contributed by atoms with Gasteiger partial charge in [0.1, 0.15) is 5.69 Å². The number of nitrogens with two attached hydrogens (primary N) is 1. The maximum atomic E-state index is 12.4. The molecule has 21 heavy (non-hydrogen) atoms. The van der Waals surface area contributed by atoms with Crippen LogP contribution in [-0.2, 0) is 0 Å². The van der Waals surface area contributed by atoms with Crippen LogP contribution < -0.4 is 11.1 Å². The van der Waals surface area contributed by atoms with Crippen LogP contribution >= 0.6 is 0 Å². The highest BCUT2D eigenvalue weighted by molar-refractivity contribution is 6.11. The predicted octanol–water partition coefficient (Wildman–Crippen LogP) is 3.38. The average molecular weight is 277 g/mol. The van der Waals surface area contributed by atoms with E-state index >= 15 is 0 Å². The van der Waals surface area contributed by atoms with E-state index in [4.69, 9.17) is 5.73 Å². The van der Waals surface area contributed by atoms with Crippen molar-refractivity contribution in [2.75, 3.05) is 11.1 Å². The Morgan fingerprint density at radius 2 is 1.86 bits per heavy atom. The molecule has 0 radical (unpaired) electrons. The second kappa shape index (κ2) is 5.25. The molecule has 0 bridgehead atoms. The number of amides is 1. The van der Waals surface area contributed by atoms with E-state index in [1.807, 2.05) is 49.4 Å². The van der Waals surface area contributed by atoms with Gasteiger partial charge in [-0.1, -0.05) is 17.7 Å². The van der Waals surface area contributed by atoms with Crippen molar-refractivity contribution < 1.29 is 4.79 Å². The van der Waals surface area contributed by atoms with Crippen LogP contribution in [0.1, 0.15) is 16.1 Å². The second-order valence-electron chi connectivity index (χ2n) is 4.96. The molecule has 0 fully saturated rings. The molecule has 0 saturated carbocycles. The van der Waals surface area contributed by atoms with Gasteiger partial charge in [0.05, 0.1) is 0 Å². The van der Waals surface area contributed by atoms with Gasteiger partial charge in [0.25, 0.3) is 5.91 Å². The van der Waals surface area contributed by atoms with Gasteiger partial charge in [-0.05, 0) is 48.7 Å². The summed E-state index contributed by atoms with van der Waals surface area (Å²) in [5.41, 5.74) is 8.72. The third-order valence-corrected chi connectivity index (χ3v) is 3.31. The number of rotatable bonds is 2. The number of aryl methyl sites for hydroxylation is 1. The van der Waals surface area contributed by atoms with Crippen LogP contribution in [-0.4, -0.2) is 10.9 Å². The normalized spacial score (nSPS) is 10.5. The van der Waals surface area contributed by atoms with Gasteiger partial charge in [0.2, 0.25) is 0 Å². The number of nitrogens with one attached hydrogen (secondary N) is 1. The molecule has 1 heterocycles. The minimum atomic E-state index is -0.228. The number of carbonyl (C=O) groups is 1. The molecule has 0 saturated heterocycles. The first-order valence-corrected chi connectivity index (χ1v) is 6.66. The Kier molecular flexibility index (Phi) is 3.28. The van der Waals surface area contributed by atoms with Gasteiger partial charge in [-0.15, -0.1) is 0 Å². The molecule has 3 aromatic rings. The minimum absolute atomic E-state index is 0.228. The van der Waals surface area contributed by atoms with Crippen LogP contribution in [0, 0.1) is 6.92 Å². The van der Waals surface area contributed by atoms with Crippen molar-refractivity contribution in [1.29, 1.82) is 0 Å². The fourth-order valence-corrected chi connectivity index (χ4v) is 2.20. The lowest BCUT2D eigenvalue weighted by atomic mass is 10.1. The minimum Gasteiger partial charge on any atom is -0.399 e. The largest absolute Gasteiger partial charge is 0.399 e. The second-order valence-corrected chi connectivity index (χ2v) is 4.96. The summed E-state index contributed by atoms with van der Waals surface area (Å²) in [6.07, 6.45) is 1.62. The van der Waals surface area contributed by atoms with Gasteiger partial charge < -0.3 is 11.1 Å². The Morgan fingerprint density at radius 1 is 1.10 bits per heavy atom. The van der Waals surface area contributed by atoms with Gasteiger partial charge in [-0.2, -0.15) is 0 Å². The lowest BCUT2D eigenvalue weighted by molar-refractivity contribution is 0.102. The monoisotopic (exact) mass is 277 g/mol. The molecule has 0 unspecified atom stereocenters. The number of nitrogens with zero attached hydrogens (tertiary/aromatic N) is 1. The van der Waals surface area contributed by atoms with E-state index in [2.05, 4.69) is 10.3 Å². The SMILES string of the molecule is Cc1ccc(NC(=O)c2nccc3cc(N)ccc23)cc1. The molecule has 0 atom stereocenters. The summed E-state index contributed by atoms with van der Waals surface area (Å²) in [6, 6.07) is 14.9. The highest BCUT2D eigenvalue weighted by atomic mass is 16.1. The van der Waals surface area contributed by atoms with Crippen LogP contribution in [0.2, 0.25) is 0 Å². The summed E-state index contributed by atoms with van der Waals surface area (Å²) in [6.45, 7) is 2.00. The number of fused-ring (bicyclic) bond motifs is 1. The van der Waals surface area contributed by atoms with E-state index in [0.717, 1.165) is 22.0 Å². The highest BCUT2D eigenvalue weighted by Crippen LogP contribution is 2.20. The lowest BCUT2D eigenvalue weighted by Crippen LogP contribution is -2.14. The van der Waals surface area contributed by atoms with Gasteiger partial charge in [0.15, 0.2) is 0 Å². The number of hydrogen-bond donors (Lipinski definition) is 2. The fourth-order valence-electron chi connectivity index (χ4n) is 2.20. The van der Waals surface area contributed by atoms with E-state index in [0.29, 0.717) is 11.4 Å². The number of benzene rings is 2. The zero-order chi connectivity index (χ0) is 14.8. The molecule has 3 N–H and O–H groups in total. The van der Waals surface area contributed by atoms with Crippen LogP contribution in [0.25, 0.3) is 10.8 Å². The molecule has 3 rings (SSSR count). The molecule has 1 aromatic heterocycles. The maximum absolute atomic E-state index is 12.4. The van der Waals surface area contributed by atoms with E-state index < -0.39 is 0 Å². The average Bonchev–Trinajstić information content (AvgIpc) is 2.48. The predicted molar refractivity (Wildman–Crippen MR) is 85.3 cm³/mol. The third-order valence-electron chi connectivity index (χ3n) is 3.31. The summed E-state index contributed by atoms with van der Waals surface area (Å²) in [5, 5.41) is 4.55. The number of anilines is 2. The molecule has 0 aliphatic rings. The Bertz CT molecular complexity index is 810. The van der Waals surface area contributed by atoms with E-state index in [1.165, 1.54) is 0 Å². The highest BCUT2D eigenvalue weighted by Gasteiger charge is 2.12. The molecule has 4 nitrogen and oxygen atoms in total. The van der Waals surface area contributed by atoms with Crippen LogP contribution in [0.4, 0.5) is 11.4 Å². The van der Waals surface area contributed by atoms with E-state index in [-0.39, 0.29) is 5.91 Å². The quantitative estimate of drug-likeness (QED) is 0.706. The molecule has 0 spiro atoms. The van der Waals surface area contributed by atoms with E-state index in [1.54, 1.807) is 12.3 Å². The molecule has 104 valence electrons. The molecule has 4 heteroatoms. The van der Waals surface area contributed by atoms with Crippen molar-refractivity contribution in [2.45, 2.75) is 6.92 Å². The Morgan fingerprint density at radius 3 is 2.62 bits per heavy atom. The first kappa shape index (κ1) is 13.1. The van der Waals surface area contributed by atoms with Gasteiger partial charge in [-0.25, -0.2) is 0 Å². The molecule has 0 aliphatic heterocycles. The third kappa shape index (κ3) is 2.69. The fraction of sp³-hybridized carbons (Fsp3) is 0.0588. The van der Waals surface area contributed by atoms with Crippen molar-refractivity contribution in [3.8, 4) is 0 Å². The lowest BCUT2D eigenvalue weighted by Gasteiger charge is -2.08. The van der Waals surface area contributed by atoms with Crippen molar-refractivity contribution in [1.82, 2.24) is 4.98 Å². The van der Waals surface area contributed by atoms with Crippen LogP contribution in [0.15, 0.2) is 54.7 Å². The number of carbonyl (C=O) groups excluding carboxylic acids is 1. The Labute approximate surface area is 122 Å². The van der Waals surface area contributed by atoms with Crippen molar-refractivity contribution in [3.05, 3.63) is 66.0 Å².